The van der Waals surface area contributed by atoms with Gasteiger partial charge in [0, 0.05) is 19.0 Å². The van der Waals surface area contributed by atoms with Crippen LogP contribution in [0.25, 0.3) is 0 Å². The summed E-state index contributed by atoms with van der Waals surface area (Å²) in [5, 5.41) is 10.7. The second kappa shape index (κ2) is 5.78. The van der Waals surface area contributed by atoms with Gasteiger partial charge in [0.2, 0.25) is 5.91 Å². The molecule has 0 radical (unpaired) electrons. The van der Waals surface area contributed by atoms with Crippen molar-refractivity contribution in [1.82, 2.24) is 4.90 Å². The molecule has 0 aromatic heterocycles. The van der Waals surface area contributed by atoms with Crippen LogP contribution in [0.5, 0.6) is 0 Å². The fraction of sp³-hybridized carbons (Fsp3) is 0.588. The highest BCUT2D eigenvalue weighted by Gasteiger charge is 2.44. The first kappa shape index (κ1) is 14.5. The van der Waals surface area contributed by atoms with E-state index < -0.39 is 11.6 Å². The van der Waals surface area contributed by atoms with Gasteiger partial charge in [0.15, 0.2) is 0 Å². The first-order chi connectivity index (χ1) is 10.1. The van der Waals surface area contributed by atoms with E-state index in [0.717, 1.165) is 31.2 Å². The maximum atomic E-state index is 12.6. The molecule has 1 aromatic rings. The SMILES string of the molecule is N[C@H](C(=O)N1CCC2(O)CCCCC2C1)c1ccccc1. The smallest absolute Gasteiger partial charge is 0.244 e. The van der Waals surface area contributed by atoms with Gasteiger partial charge in [-0.3, -0.25) is 4.79 Å². The van der Waals surface area contributed by atoms with E-state index in [1.165, 1.54) is 0 Å². The molecule has 1 heterocycles. The average molecular weight is 288 g/mol. The number of carbonyl (C=O) groups excluding carboxylic acids is 1. The third-order valence-corrected chi connectivity index (χ3v) is 5.16. The van der Waals surface area contributed by atoms with Gasteiger partial charge in [0.25, 0.3) is 0 Å². The van der Waals surface area contributed by atoms with Gasteiger partial charge in [-0.25, -0.2) is 0 Å². The predicted molar refractivity (Wildman–Crippen MR) is 81.5 cm³/mol. The van der Waals surface area contributed by atoms with Gasteiger partial charge in [-0.2, -0.15) is 0 Å². The third kappa shape index (κ3) is 2.83. The second-order valence-corrected chi connectivity index (χ2v) is 6.47. The summed E-state index contributed by atoms with van der Waals surface area (Å²) in [6.45, 7) is 1.27. The number of piperidine rings is 1. The Bertz CT molecular complexity index is 505. The fourth-order valence-electron chi connectivity index (χ4n) is 3.77. The maximum Gasteiger partial charge on any atom is 0.244 e. The van der Waals surface area contributed by atoms with Crippen molar-refractivity contribution in [2.45, 2.75) is 43.7 Å². The van der Waals surface area contributed by atoms with E-state index in [9.17, 15) is 9.90 Å². The van der Waals surface area contributed by atoms with Crippen molar-refractivity contribution in [2.75, 3.05) is 13.1 Å². The number of nitrogens with zero attached hydrogens (tertiary/aromatic N) is 1. The molecule has 4 nitrogen and oxygen atoms in total. The molecule has 2 unspecified atom stereocenters. The highest BCUT2D eigenvalue weighted by Crippen LogP contribution is 2.40. The van der Waals surface area contributed by atoms with Crippen LogP contribution in [0.4, 0.5) is 0 Å². The molecule has 1 aliphatic carbocycles. The van der Waals surface area contributed by atoms with E-state index in [1.807, 2.05) is 35.2 Å². The number of rotatable bonds is 2. The Morgan fingerprint density at radius 2 is 2.05 bits per heavy atom. The van der Waals surface area contributed by atoms with E-state index in [4.69, 9.17) is 5.73 Å². The largest absolute Gasteiger partial charge is 0.389 e. The van der Waals surface area contributed by atoms with Crippen molar-refractivity contribution in [3.8, 4) is 0 Å². The monoisotopic (exact) mass is 288 g/mol. The summed E-state index contributed by atoms with van der Waals surface area (Å²) in [6, 6.07) is 8.91. The molecule has 1 amide bonds. The number of hydrogen-bond donors (Lipinski definition) is 2. The molecule has 4 heteroatoms. The summed E-state index contributed by atoms with van der Waals surface area (Å²) < 4.78 is 0. The Labute approximate surface area is 125 Å². The van der Waals surface area contributed by atoms with Crippen LogP contribution in [0.2, 0.25) is 0 Å². The molecule has 3 atom stereocenters. The summed E-state index contributed by atoms with van der Waals surface area (Å²) in [5.74, 6) is 0.195. The summed E-state index contributed by atoms with van der Waals surface area (Å²) >= 11 is 0. The number of amides is 1. The van der Waals surface area contributed by atoms with Gasteiger partial charge in [-0.1, -0.05) is 43.2 Å². The zero-order valence-electron chi connectivity index (χ0n) is 12.4. The molecular formula is C17H24N2O2. The van der Waals surface area contributed by atoms with Crippen LogP contribution in [-0.2, 0) is 4.79 Å². The molecule has 3 N–H and O–H groups in total. The lowest BCUT2D eigenvalue weighted by Gasteiger charge is -2.47. The zero-order valence-corrected chi connectivity index (χ0v) is 12.4. The van der Waals surface area contributed by atoms with Crippen molar-refractivity contribution < 1.29 is 9.90 Å². The number of likely N-dealkylation sites (tertiary alicyclic amines) is 1. The molecular weight excluding hydrogens is 264 g/mol. The molecule has 3 rings (SSSR count). The van der Waals surface area contributed by atoms with E-state index in [0.29, 0.717) is 19.5 Å². The molecule has 0 spiro atoms. The lowest BCUT2D eigenvalue weighted by Crippen LogP contribution is -2.55. The van der Waals surface area contributed by atoms with Gasteiger partial charge in [-0.15, -0.1) is 0 Å². The van der Waals surface area contributed by atoms with Gasteiger partial charge in [0.05, 0.1) is 5.60 Å². The fourth-order valence-corrected chi connectivity index (χ4v) is 3.77. The molecule has 2 aliphatic rings. The standard InChI is InChI=1S/C17H24N2O2/c18-15(13-6-2-1-3-7-13)16(20)19-11-10-17(21)9-5-4-8-14(17)12-19/h1-3,6-7,14-15,21H,4-5,8-12,18H2/t14?,15-,17?/m0/s1. The Hall–Kier alpha value is -1.39. The van der Waals surface area contributed by atoms with E-state index in [2.05, 4.69) is 0 Å². The minimum atomic E-state index is -0.596. The van der Waals surface area contributed by atoms with Gasteiger partial charge < -0.3 is 15.7 Å². The highest BCUT2D eigenvalue weighted by atomic mass is 16.3. The molecule has 1 aromatic carbocycles. The number of aliphatic hydroxyl groups is 1. The second-order valence-electron chi connectivity index (χ2n) is 6.47. The number of fused-ring (bicyclic) bond motifs is 1. The molecule has 1 aliphatic heterocycles. The lowest BCUT2D eigenvalue weighted by molar-refractivity contribution is -0.144. The van der Waals surface area contributed by atoms with E-state index in [1.54, 1.807) is 0 Å². The zero-order chi connectivity index (χ0) is 14.9. The average Bonchev–Trinajstić information content (AvgIpc) is 2.53. The molecule has 1 saturated carbocycles. The van der Waals surface area contributed by atoms with Gasteiger partial charge in [0.1, 0.15) is 6.04 Å². The summed E-state index contributed by atoms with van der Waals surface area (Å²) in [4.78, 5) is 14.4. The van der Waals surface area contributed by atoms with Gasteiger partial charge >= 0.3 is 0 Å². The molecule has 114 valence electrons. The Balaban J connectivity index is 1.69. The number of hydrogen-bond acceptors (Lipinski definition) is 3. The summed E-state index contributed by atoms with van der Waals surface area (Å²) in [7, 11) is 0. The van der Waals surface area contributed by atoms with E-state index in [-0.39, 0.29) is 11.8 Å². The van der Waals surface area contributed by atoms with Crippen molar-refractivity contribution in [2.24, 2.45) is 11.7 Å². The Morgan fingerprint density at radius 3 is 2.81 bits per heavy atom. The highest BCUT2D eigenvalue weighted by molar-refractivity contribution is 5.83. The van der Waals surface area contributed by atoms with Crippen molar-refractivity contribution >= 4 is 5.91 Å². The van der Waals surface area contributed by atoms with E-state index >= 15 is 0 Å². The van der Waals surface area contributed by atoms with Crippen molar-refractivity contribution in [1.29, 1.82) is 0 Å². The van der Waals surface area contributed by atoms with Crippen LogP contribution in [0.3, 0.4) is 0 Å². The van der Waals surface area contributed by atoms with Crippen LogP contribution >= 0.6 is 0 Å². The van der Waals surface area contributed by atoms with Crippen LogP contribution in [0.1, 0.15) is 43.7 Å². The third-order valence-electron chi connectivity index (χ3n) is 5.16. The number of carbonyl (C=O) groups is 1. The summed E-state index contributed by atoms with van der Waals surface area (Å²) in [5.41, 5.74) is 6.42. The first-order valence-electron chi connectivity index (χ1n) is 7.92. The lowest BCUT2D eigenvalue weighted by atomic mass is 9.71. The maximum absolute atomic E-state index is 12.6. The quantitative estimate of drug-likeness (QED) is 0.872. The first-order valence-corrected chi connectivity index (χ1v) is 7.92. The predicted octanol–water partition coefficient (Wildman–Crippen LogP) is 1.84. The molecule has 2 fully saturated rings. The minimum Gasteiger partial charge on any atom is -0.389 e. The minimum absolute atomic E-state index is 0.0196. The van der Waals surface area contributed by atoms with Gasteiger partial charge in [-0.05, 0) is 24.8 Å². The Kier molecular flexibility index (Phi) is 4.00. The number of benzene rings is 1. The van der Waals surface area contributed by atoms with Crippen LogP contribution in [0, 0.1) is 5.92 Å². The van der Waals surface area contributed by atoms with Crippen LogP contribution in [-0.4, -0.2) is 34.6 Å². The normalized spacial score (nSPS) is 30.6. The van der Waals surface area contributed by atoms with Crippen molar-refractivity contribution in [3.05, 3.63) is 35.9 Å². The Morgan fingerprint density at radius 1 is 1.29 bits per heavy atom. The van der Waals surface area contributed by atoms with Crippen LogP contribution < -0.4 is 5.73 Å². The summed E-state index contributed by atoms with van der Waals surface area (Å²) in [6.07, 6.45) is 4.83. The molecule has 0 bridgehead atoms. The van der Waals surface area contributed by atoms with Crippen molar-refractivity contribution in [3.63, 3.8) is 0 Å². The van der Waals surface area contributed by atoms with Crippen LogP contribution in [0.15, 0.2) is 30.3 Å². The molecule has 1 saturated heterocycles. The topological polar surface area (TPSA) is 66.6 Å². The molecule has 21 heavy (non-hydrogen) atoms. The number of nitrogens with two attached hydrogens (primary N) is 1.